The average Bonchev–Trinajstić information content (AvgIpc) is 2.68. The van der Waals surface area contributed by atoms with Crippen LogP contribution < -0.4 is 0 Å². The maximum Gasteiger partial charge on any atom is 0.132 e. The molecule has 0 bridgehead atoms. The topological polar surface area (TPSA) is 30.0 Å². The molecule has 0 spiro atoms. The first kappa shape index (κ1) is 10.8. The van der Waals surface area contributed by atoms with Crippen molar-refractivity contribution in [2.24, 2.45) is 0 Å². The van der Waals surface area contributed by atoms with Crippen LogP contribution in [-0.2, 0) is 4.79 Å². The Morgan fingerprint density at radius 2 is 2.07 bits per heavy atom. The summed E-state index contributed by atoms with van der Waals surface area (Å²) in [5.74, 6) is 1.48. The summed E-state index contributed by atoms with van der Waals surface area (Å²) >= 11 is 1.76. The van der Waals surface area contributed by atoms with Gasteiger partial charge in [0.05, 0.1) is 10.7 Å². The van der Waals surface area contributed by atoms with E-state index in [-0.39, 0.29) is 0 Å². The van der Waals surface area contributed by atoms with Gasteiger partial charge in [0.1, 0.15) is 5.78 Å². The lowest BCUT2D eigenvalue weighted by atomic mass is 9.89. The molecule has 0 N–H and O–H groups in total. The number of hydrogen-bond donors (Lipinski definition) is 0. The van der Waals surface area contributed by atoms with Crippen LogP contribution in [0.2, 0.25) is 0 Å². The molecule has 2 rings (SSSR count). The minimum absolute atomic E-state index is 0.423. The zero-order valence-corrected chi connectivity index (χ0v) is 10.1. The molecule has 3 heteroatoms. The van der Waals surface area contributed by atoms with Gasteiger partial charge in [0.2, 0.25) is 0 Å². The second kappa shape index (κ2) is 4.44. The van der Waals surface area contributed by atoms with Gasteiger partial charge in [-0.1, -0.05) is 13.8 Å². The van der Waals surface area contributed by atoms with Crippen molar-refractivity contribution >= 4 is 17.1 Å². The summed E-state index contributed by atoms with van der Waals surface area (Å²) in [6.07, 6.45) is 3.51. The Bertz CT molecular complexity index is 346. The van der Waals surface area contributed by atoms with E-state index in [4.69, 9.17) is 0 Å². The highest BCUT2D eigenvalue weighted by Crippen LogP contribution is 2.33. The van der Waals surface area contributed by atoms with E-state index in [0.717, 1.165) is 25.7 Å². The standard InChI is InChI=1S/C12H17NOS/c1-8(2)11-7-15-12(13-11)9-3-5-10(14)6-4-9/h7-9H,3-6H2,1-2H3. The second-order valence-corrected chi connectivity index (χ2v) is 5.47. The van der Waals surface area contributed by atoms with Crippen LogP contribution in [0.3, 0.4) is 0 Å². The van der Waals surface area contributed by atoms with Crippen LogP contribution in [0.5, 0.6) is 0 Å². The predicted molar refractivity (Wildman–Crippen MR) is 62.4 cm³/mol. The SMILES string of the molecule is CC(C)c1csc(C2CCC(=O)CC2)n1. The smallest absolute Gasteiger partial charge is 0.132 e. The van der Waals surface area contributed by atoms with Crippen molar-refractivity contribution in [1.82, 2.24) is 4.98 Å². The third-order valence-electron chi connectivity index (χ3n) is 3.02. The van der Waals surface area contributed by atoms with E-state index in [1.165, 1.54) is 10.7 Å². The Balaban J connectivity index is 2.06. The molecule has 1 aliphatic rings. The highest BCUT2D eigenvalue weighted by Gasteiger charge is 2.22. The highest BCUT2D eigenvalue weighted by molar-refractivity contribution is 7.09. The van der Waals surface area contributed by atoms with Gasteiger partial charge in [0.25, 0.3) is 0 Å². The van der Waals surface area contributed by atoms with Crippen LogP contribution in [0.1, 0.15) is 62.1 Å². The molecule has 0 aliphatic heterocycles. The van der Waals surface area contributed by atoms with Crippen molar-refractivity contribution in [1.29, 1.82) is 0 Å². The van der Waals surface area contributed by atoms with Crippen LogP contribution in [0.4, 0.5) is 0 Å². The van der Waals surface area contributed by atoms with E-state index in [1.807, 2.05) is 0 Å². The fraction of sp³-hybridized carbons (Fsp3) is 0.667. The third-order valence-corrected chi connectivity index (χ3v) is 4.05. The zero-order chi connectivity index (χ0) is 10.8. The number of carbonyl (C=O) groups excluding carboxylic acids is 1. The molecule has 0 amide bonds. The van der Waals surface area contributed by atoms with Crippen LogP contribution in [0.25, 0.3) is 0 Å². The first-order chi connectivity index (χ1) is 7.16. The summed E-state index contributed by atoms with van der Waals surface area (Å²) in [6, 6.07) is 0. The molecule has 1 saturated carbocycles. The normalized spacial score (nSPS) is 18.7. The molecule has 1 aromatic rings. The predicted octanol–water partition coefficient (Wildman–Crippen LogP) is 3.49. The van der Waals surface area contributed by atoms with Gasteiger partial charge in [-0.05, 0) is 18.8 Å². The van der Waals surface area contributed by atoms with Gasteiger partial charge < -0.3 is 0 Å². The quantitative estimate of drug-likeness (QED) is 0.768. The molecular formula is C12H17NOS. The molecule has 15 heavy (non-hydrogen) atoms. The first-order valence-corrected chi connectivity index (χ1v) is 6.52. The van der Waals surface area contributed by atoms with Crippen molar-refractivity contribution < 1.29 is 4.79 Å². The summed E-state index contributed by atoms with van der Waals surface area (Å²) in [4.78, 5) is 15.8. The van der Waals surface area contributed by atoms with E-state index < -0.39 is 0 Å². The largest absolute Gasteiger partial charge is 0.300 e. The van der Waals surface area contributed by atoms with Gasteiger partial charge >= 0.3 is 0 Å². The van der Waals surface area contributed by atoms with Crippen molar-refractivity contribution in [3.63, 3.8) is 0 Å². The Hall–Kier alpha value is -0.700. The van der Waals surface area contributed by atoms with Crippen LogP contribution in [0.15, 0.2) is 5.38 Å². The van der Waals surface area contributed by atoms with E-state index in [9.17, 15) is 4.79 Å². The fourth-order valence-corrected chi connectivity index (χ4v) is 3.09. The molecule has 1 aliphatic carbocycles. The van der Waals surface area contributed by atoms with Gasteiger partial charge in [0, 0.05) is 24.1 Å². The highest BCUT2D eigenvalue weighted by atomic mass is 32.1. The summed E-state index contributed by atoms with van der Waals surface area (Å²) in [6.45, 7) is 4.34. The number of carbonyl (C=O) groups is 1. The van der Waals surface area contributed by atoms with E-state index in [1.54, 1.807) is 11.3 Å². The molecule has 0 atom stereocenters. The number of rotatable bonds is 2. The van der Waals surface area contributed by atoms with E-state index >= 15 is 0 Å². The van der Waals surface area contributed by atoms with Crippen molar-refractivity contribution in [3.8, 4) is 0 Å². The minimum atomic E-state index is 0.423. The maximum atomic E-state index is 11.1. The van der Waals surface area contributed by atoms with Gasteiger partial charge in [-0.25, -0.2) is 4.98 Å². The number of thiazole rings is 1. The van der Waals surface area contributed by atoms with Gasteiger partial charge in [-0.15, -0.1) is 11.3 Å². The molecule has 0 saturated heterocycles. The van der Waals surface area contributed by atoms with Crippen LogP contribution in [0, 0.1) is 0 Å². The first-order valence-electron chi connectivity index (χ1n) is 5.64. The number of aromatic nitrogens is 1. The zero-order valence-electron chi connectivity index (χ0n) is 9.32. The molecule has 1 fully saturated rings. The molecule has 82 valence electrons. The Morgan fingerprint density at radius 3 is 2.60 bits per heavy atom. The Labute approximate surface area is 94.7 Å². The average molecular weight is 223 g/mol. The number of hydrogen-bond acceptors (Lipinski definition) is 3. The molecule has 0 aromatic carbocycles. The summed E-state index contributed by atoms with van der Waals surface area (Å²) in [5, 5.41) is 3.40. The lowest BCUT2D eigenvalue weighted by molar-refractivity contribution is -0.120. The third kappa shape index (κ3) is 2.46. The van der Waals surface area contributed by atoms with Crippen molar-refractivity contribution in [2.75, 3.05) is 0 Å². The van der Waals surface area contributed by atoms with Crippen molar-refractivity contribution in [2.45, 2.75) is 51.4 Å². The molecular weight excluding hydrogens is 206 g/mol. The molecule has 0 unspecified atom stereocenters. The lowest BCUT2D eigenvalue weighted by Crippen LogP contribution is -2.12. The number of ketones is 1. The molecule has 2 nitrogen and oxygen atoms in total. The Morgan fingerprint density at radius 1 is 1.40 bits per heavy atom. The number of nitrogens with zero attached hydrogens (tertiary/aromatic N) is 1. The molecule has 0 radical (unpaired) electrons. The van der Waals surface area contributed by atoms with Gasteiger partial charge in [0.15, 0.2) is 0 Å². The molecule has 1 heterocycles. The van der Waals surface area contributed by atoms with Gasteiger partial charge in [-0.3, -0.25) is 4.79 Å². The summed E-state index contributed by atoms with van der Waals surface area (Å²) in [5.41, 5.74) is 1.20. The van der Waals surface area contributed by atoms with Crippen LogP contribution >= 0.6 is 11.3 Å². The summed E-state index contributed by atoms with van der Waals surface area (Å²) < 4.78 is 0. The Kier molecular flexibility index (Phi) is 3.19. The summed E-state index contributed by atoms with van der Waals surface area (Å²) in [7, 11) is 0. The van der Waals surface area contributed by atoms with Crippen molar-refractivity contribution in [3.05, 3.63) is 16.1 Å². The minimum Gasteiger partial charge on any atom is -0.300 e. The second-order valence-electron chi connectivity index (χ2n) is 4.58. The number of Topliss-reactive ketones (excluding diaryl/α,β-unsaturated/α-hetero) is 1. The van der Waals surface area contributed by atoms with E-state index in [2.05, 4.69) is 24.2 Å². The maximum absolute atomic E-state index is 11.1. The fourth-order valence-electron chi connectivity index (χ4n) is 1.94. The lowest BCUT2D eigenvalue weighted by Gasteiger charge is -2.18. The molecule has 1 aromatic heterocycles. The van der Waals surface area contributed by atoms with E-state index in [0.29, 0.717) is 17.6 Å². The van der Waals surface area contributed by atoms with Crippen LogP contribution in [-0.4, -0.2) is 10.8 Å². The monoisotopic (exact) mass is 223 g/mol. The van der Waals surface area contributed by atoms with Gasteiger partial charge in [-0.2, -0.15) is 0 Å².